The third-order valence-electron chi connectivity index (χ3n) is 4.21. The summed E-state index contributed by atoms with van der Waals surface area (Å²) in [6.07, 6.45) is 0.163. The molecule has 27 heavy (non-hydrogen) atoms. The summed E-state index contributed by atoms with van der Waals surface area (Å²) in [5, 5.41) is 6.46. The van der Waals surface area contributed by atoms with Crippen LogP contribution in [0.15, 0.2) is 64.4 Å². The van der Waals surface area contributed by atoms with Crippen molar-refractivity contribution in [3.8, 4) is 10.6 Å². The molecule has 0 aliphatic heterocycles. The van der Waals surface area contributed by atoms with Crippen molar-refractivity contribution in [2.75, 3.05) is 0 Å². The van der Waals surface area contributed by atoms with E-state index in [1.807, 2.05) is 42.6 Å². The van der Waals surface area contributed by atoms with Gasteiger partial charge in [0.15, 0.2) is 0 Å². The molecule has 6 heteroatoms. The number of halogens is 1. The highest BCUT2D eigenvalue weighted by Gasteiger charge is 2.16. The maximum Gasteiger partial charge on any atom is 0.226 e. The van der Waals surface area contributed by atoms with Gasteiger partial charge in [-0.2, -0.15) is 0 Å². The Morgan fingerprint density at radius 3 is 2.89 bits per heavy atom. The van der Waals surface area contributed by atoms with Gasteiger partial charge in [0, 0.05) is 16.3 Å². The third-order valence-corrected chi connectivity index (χ3v) is 5.15. The van der Waals surface area contributed by atoms with Crippen LogP contribution in [0.25, 0.3) is 21.5 Å². The summed E-state index contributed by atoms with van der Waals surface area (Å²) >= 11 is 1.40. The zero-order valence-corrected chi connectivity index (χ0v) is 15.4. The van der Waals surface area contributed by atoms with Crippen LogP contribution in [-0.2, 0) is 11.2 Å². The number of fused-ring (bicyclic) bond motifs is 1. The first-order chi connectivity index (χ1) is 13.1. The molecule has 0 spiro atoms. The first-order valence-electron chi connectivity index (χ1n) is 8.56. The second-order valence-electron chi connectivity index (χ2n) is 6.31. The molecule has 0 saturated heterocycles. The minimum Gasteiger partial charge on any atom is -0.459 e. The number of nitrogens with one attached hydrogen (secondary N) is 1. The summed E-state index contributed by atoms with van der Waals surface area (Å²) in [5.74, 6) is 0.268. The van der Waals surface area contributed by atoms with Gasteiger partial charge in [-0.15, -0.1) is 11.3 Å². The SMILES string of the molecule is CC(NC(=O)Cc1csc(-c2cccc(F)c2)n1)c1cc2ccccc2o1. The number of carbonyl (C=O) groups is 1. The maximum absolute atomic E-state index is 13.4. The number of amides is 1. The molecule has 0 saturated carbocycles. The van der Waals surface area contributed by atoms with Crippen molar-refractivity contribution in [1.82, 2.24) is 10.3 Å². The first kappa shape index (κ1) is 17.4. The highest BCUT2D eigenvalue weighted by atomic mass is 32.1. The van der Waals surface area contributed by atoms with E-state index in [2.05, 4.69) is 10.3 Å². The molecule has 2 aromatic carbocycles. The molecular formula is C21H17FN2O2S. The van der Waals surface area contributed by atoms with Crippen molar-refractivity contribution in [1.29, 1.82) is 0 Å². The molecule has 4 nitrogen and oxygen atoms in total. The molecule has 2 aromatic heterocycles. The van der Waals surface area contributed by atoms with E-state index in [9.17, 15) is 9.18 Å². The summed E-state index contributed by atoms with van der Waals surface area (Å²) in [4.78, 5) is 16.8. The molecule has 0 fully saturated rings. The fourth-order valence-corrected chi connectivity index (χ4v) is 3.70. The molecule has 1 unspecified atom stereocenters. The second kappa shape index (κ2) is 7.32. The van der Waals surface area contributed by atoms with Gasteiger partial charge in [0.1, 0.15) is 22.2 Å². The number of thiazole rings is 1. The van der Waals surface area contributed by atoms with Crippen LogP contribution < -0.4 is 5.32 Å². The van der Waals surface area contributed by atoms with Crippen molar-refractivity contribution in [3.05, 3.63) is 77.2 Å². The highest BCUT2D eigenvalue weighted by Crippen LogP contribution is 2.25. The lowest BCUT2D eigenvalue weighted by Crippen LogP contribution is -2.27. The number of nitrogens with zero attached hydrogens (tertiary/aromatic N) is 1. The number of benzene rings is 2. The van der Waals surface area contributed by atoms with Crippen LogP contribution in [0.1, 0.15) is 24.4 Å². The minimum absolute atomic E-state index is 0.140. The predicted octanol–water partition coefficient (Wildman–Crippen LogP) is 5.12. The van der Waals surface area contributed by atoms with Crippen molar-refractivity contribution in [2.45, 2.75) is 19.4 Å². The van der Waals surface area contributed by atoms with Gasteiger partial charge in [0.25, 0.3) is 0 Å². The molecule has 4 aromatic rings. The van der Waals surface area contributed by atoms with Gasteiger partial charge in [-0.1, -0.05) is 30.3 Å². The van der Waals surface area contributed by atoms with Crippen LogP contribution >= 0.6 is 11.3 Å². The molecule has 1 N–H and O–H groups in total. The molecule has 0 aliphatic rings. The second-order valence-corrected chi connectivity index (χ2v) is 7.17. The van der Waals surface area contributed by atoms with Gasteiger partial charge < -0.3 is 9.73 Å². The Morgan fingerprint density at radius 1 is 1.22 bits per heavy atom. The van der Waals surface area contributed by atoms with Crippen LogP contribution in [0, 0.1) is 5.82 Å². The number of hydrogen-bond acceptors (Lipinski definition) is 4. The Balaban J connectivity index is 1.42. The quantitative estimate of drug-likeness (QED) is 0.523. The van der Waals surface area contributed by atoms with E-state index in [1.54, 1.807) is 12.1 Å². The van der Waals surface area contributed by atoms with Crippen LogP contribution in [0.3, 0.4) is 0 Å². The summed E-state index contributed by atoms with van der Waals surface area (Å²) in [6, 6.07) is 15.7. The Morgan fingerprint density at radius 2 is 2.07 bits per heavy atom. The van der Waals surface area contributed by atoms with Gasteiger partial charge in [-0.3, -0.25) is 4.79 Å². The third kappa shape index (κ3) is 3.90. The van der Waals surface area contributed by atoms with E-state index < -0.39 is 0 Å². The topological polar surface area (TPSA) is 55.1 Å². The fraction of sp³-hybridized carbons (Fsp3) is 0.143. The smallest absolute Gasteiger partial charge is 0.226 e. The first-order valence-corrected chi connectivity index (χ1v) is 9.44. The maximum atomic E-state index is 13.4. The molecular weight excluding hydrogens is 363 g/mol. The molecule has 0 aliphatic carbocycles. The molecule has 1 amide bonds. The largest absolute Gasteiger partial charge is 0.459 e. The fourth-order valence-electron chi connectivity index (χ4n) is 2.89. The van der Waals surface area contributed by atoms with Crippen LogP contribution in [0.5, 0.6) is 0 Å². The number of rotatable bonds is 5. The van der Waals surface area contributed by atoms with Crippen molar-refractivity contribution in [2.24, 2.45) is 0 Å². The summed E-state index contributed by atoms with van der Waals surface area (Å²) in [5.41, 5.74) is 2.17. The lowest BCUT2D eigenvalue weighted by atomic mass is 10.2. The molecule has 4 rings (SSSR count). The predicted molar refractivity (Wildman–Crippen MR) is 104 cm³/mol. The van der Waals surface area contributed by atoms with E-state index in [0.29, 0.717) is 22.0 Å². The van der Waals surface area contributed by atoms with Crippen molar-refractivity contribution in [3.63, 3.8) is 0 Å². The van der Waals surface area contributed by atoms with Crippen molar-refractivity contribution < 1.29 is 13.6 Å². The molecule has 2 heterocycles. The number of hydrogen-bond donors (Lipinski definition) is 1. The minimum atomic E-state index is -0.304. The molecule has 1 atom stereocenters. The van der Waals surface area contributed by atoms with E-state index in [4.69, 9.17) is 4.42 Å². The zero-order chi connectivity index (χ0) is 18.8. The Kier molecular flexibility index (Phi) is 4.73. The van der Waals surface area contributed by atoms with Gasteiger partial charge in [-0.25, -0.2) is 9.37 Å². The summed E-state index contributed by atoms with van der Waals surface area (Å²) in [7, 11) is 0. The van der Waals surface area contributed by atoms with Gasteiger partial charge in [0.2, 0.25) is 5.91 Å². The van der Waals surface area contributed by atoms with Gasteiger partial charge >= 0.3 is 0 Å². The highest BCUT2D eigenvalue weighted by molar-refractivity contribution is 7.13. The van der Waals surface area contributed by atoms with E-state index in [-0.39, 0.29) is 24.2 Å². The number of para-hydroxylation sites is 1. The average molecular weight is 380 g/mol. The molecule has 0 radical (unpaired) electrons. The van der Waals surface area contributed by atoms with E-state index in [1.165, 1.54) is 23.5 Å². The molecule has 0 bridgehead atoms. The Labute approximate surface area is 159 Å². The molecule has 136 valence electrons. The number of aromatic nitrogens is 1. The van der Waals surface area contributed by atoms with Crippen LogP contribution in [0.2, 0.25) is 0 Å². The van der Waals surface area contributed by atoms with Gasteiger partial charge in [0.05, 0.1) is 18.2 Å². The number of furan rings is 1. The van der Waals surface area contributed by atoms with E-state index >= 15 is 0 Å². The lowest BCUT2D eigenvalue weighted by molar-refractivity contribution is -0.121. The van der Waals surface area contributed by atoms with Gasteiger partial charge in [-0.05, 0) is 31.2 Å². The normalized spacial score (nSPS) is 12.2. The lowest BCUT2D eigenvalue weighted by Gasteiger charge is -2.10. The number of carbonyl (C=O) groups excluding carboxylic acids is 1. The van der Waals surface area contributed by atoms with Crippen molar-refractivity contribution >= 4 is 28.2 Å². The summed E-state index contributed by atoms with van der Waals surface area (Å²) < 4.78 is 19.1. The monoisotopic (exact) mass is 380 g/mol. The average Bonchev–Trinajstić information content (AvgIpc) is 3.28. The van der Waals surface area contributed by atoms with Crippen LogP contribution in [0.4, 0.5) is 4.39 Å². The van der Waals surface area contributed by atoms with Crippen LogP contribution in [-0.4, -0.2) is 10.9 Å². The van der Waals surface area contributed by atoms with E-state index in [0.717, 1.165) is 11.0 Å². The Hall–Kier alpha value is -2.99. The Bertz CT molecular complexity index is 1070. The summed E-state index contributed by atoms with van der Waals surface area (Å²) in [6.45, 7) is 1.88. The standard InChI is InChI=1S/C21H17FN2O2S/c1-13(19-10-14-5-2-3-8-18(14)26-19)23-20(25)11-17-12-27-21(24-17)15-6-4-7-16(22)9-15/h2-10,12-13H,11H2,1H3,(H,23,25). The zero-order valence-electron chi connectivity index (χ0n) is 14.6.